The van der Waals surface area contributed by atoms with Crippen molar-refractivity contribution in [2.24, 2.45) is 0 Å². The molecule has 0 bridgehead atoms. The van der Waals surface area contributed by atoms with E-state index in [0.717, 1.165) is 24.5 Å². The number of nitrogens with zero attached hydrogens (tertiary/aromatic N) is 5. The van der Waals surface area contributed by atoms with Gasteiger partial charge in [-0.2, -0.15) is 0 Å². The minimum atomic E-state index is 0.102. The SMILES string of the molecule is CC(C)c1ccc(-n2cnnc2SCC(=O)N2CCN(c3cccc(O)c3)CC2)cc1. The number of benzene rings is 2. The molecular weight excluding hydrogens is 410 g/mol. The number of hydrogen-bond donors (Lipinski definition) is 1. The van der Waals surface area contributed by atoms with Gasteiger partial charge in [0.15, 0.2) is 5.16 Å². The lowest BCUT2D eigenvalue weighted by Gasteiger charge is -2.36. The second-order valence-electron chi connectivity index (χ2n) is 7.91. The van der Waals surface area contributed by atoms with E-state index in [2.05, 4.69) is 53.2 Å². The summed E-state index contributed by atoms with van der Waals surface area (Å²) in [6, 6.07) is 15.6. The van der Waals surface area contributed by atoms with Crippen LogP contribution in [-0.4, -0.2) is 62.6 Å². The topological polar surface area (TPSA) is 74.5 Å². The Morgan fingerprint density at radius 1 is 1.06 bits per heavy atom. The maximum absolute atomic E-state index is 12.7. The molecule has 0 aliphatic carbocycles. The molecule has 2 aromatic carbocycles. The number of amides is 1. The Hall–Kier alpha value is -3.00. The molecule has 8 heteroatoms. The number of aromatic hydroxyl groups is 1. The smallest absolute Gasteiger partial charge is 0.233 e. The third kappa shape index (κ3) is 5.02. The number of aromatic nitrogens is 3. The van der Waals surface area contributed by atoms with Crippen LogP contribution in [-0.2, 0) is 4.79 Å². The zero-order valence-corrected chi connectivity index (χ0v) is 18.6. The van der Waals surface area contributed by atoms with Crippen LogP contribution in [0.15, 0.2) is 60.0 Å². The first-order valence-corrected chi connectivity index (χ1v) is 11.4. The van der Waals surface area contributed by atoms with Crippen molar-refractivity contribution in [1.82, 2.24) is 19.7 Å². The third-order valence-electron chi connectivity index (χ3n) is 5.51. The van der Waals surface area contributed by atoms with Crippen molar-refractivity contribution in [2.75, 3.05) is 36.8 Å². The Morgan fingerprint density at radius 2 is 1.81 bits per heavy atom. The van der Waals surface area contributed by atoms with Gasteiger partial charge in [-0.15, -0.1) is 10.2 Å². The summed E-state index contributed by atoms with van der Waals surface area (Å²) in [5.41, 5.74) is 3.26. The number of phenols is 1. The number of phenolic OH excluding ortho intramolecular Hbond substituents is 1. The molecular formula is C23H27N5O2S. The van der Waals surface area contributed by atoms with Gasteiger partial charge in [0.1, 0.15) is 12.1 Å². The molecule has 3 aromatic rings. The van der Waals surface area contributed by atoms with Crippen LogP contribution < -0.4 is 4.90 Å². The van der Waals surface area contributed by atoms with Gasteiger partial charge in [0.25, 0.3) is 0 Å². The van der Waals surface area contributed by atoms with Crippen LogP contribution in [0.5, 0.6) is 5.75 Å². The van der Waals surface area contributed by atoms with Gasteiger partial charge in [-0.3, -0.25) is 9.36 Å². The van der Waals surface area contributed by atoms with E-state index in [1.54, 1.807) is 18.5 Å². The Bertz CT molecular complexity index is 1030. The quantitative estimate of drug-likeness (QED) is 0.595. The molecule has 1 aliphatic rings. The van der Waals surface area contributed by atoms with Crippen LogP contribution in [0.2, 0.25) is 0 Å². The van der Waals surface area contributed by atoms with Crippen molar-refractivity contribution < 1.29 is 9.90 Å². The predicted molar refractivity (Wildman–Crippen MR) is 123 cm³/mol. The number of anilines is 1. The highest BCUT2D eigenvalue weighted by atomic mass is 32.2. The van der Waals surface area contributed by atoms with E-state index in [-0.39, 0.29) is 11.7 Å². The van der Waals surface area contributed by atoms with Crippen molar-refractivity contribution in [2.45, 2.75) is 24.9 Å². The summed E-state index contributed by atoms with van der Waals surface area (Å²) in [6.07, 6.45) is 1.69. The van der Waals surface area contributed by atoms with Gasteiger partial charge in [-0.05, 0) is 35.7 Å². The van der Waals surface area contributed by atoms with Gasteiger partial charge < -0.3 is 14.9 Å². The van der Waals surface area contributed by atoms with Crippen LogP contribution in [0.1, 0.15) is 25.3 Å². The highest BCUT2D eigenvalue weighted by Gasteiger charge is 2.22. The van der Waals surface area contributed by atoms with Crippen molar-refractivity contribution in [3.05, 3.63) is 60.4 Å². The van der Waals surface area contributed by atoms with Crippen LogP contribution in [0, 0.1) is 0 Å². The Balaban J connectivity index is 1.32. The summed E-state index contributed by atoms with van der Waals surface area (Å²) in [5.74, 6) is 1.17. The van der Waals surface area contributed by atoms with Crippen LogP contribution in [0.25, 0.3) is 5.69 Å². The third-order valence-corrected chi connectivity index (χ3v) is 6.43. The Kier molecular flexibility index (Phi) is 6.46. The summed E-state index contributed by atoms with van der Waals surface area (Å²) in [4.78, 5) is 16.8. The van der Waals surface area contributed by atoms with E-state index in [1.807, 2.05) is 21.6 Å². The average Bonchev–Trinajstić information content (AvgIpc) is 3.26. The van der Waals surface area contributed by atoms with E-state index >= 15 is 0 Å². The minimum Gasteiger partial charge on any atom is -0.508 e. The van der Waals surface area contributed by atoms with Gasteiger partial charge in [0, 0.05) is 43.6 Å². The maximum Gasteiger partial charge on any atom is 0.233 e. The number of carbonyl (C=O) groups excluding carboxylic acids is 1. The molecule has 162 valence electrons. The summed E-state index contributed by atoms with van der Waals surface area (Å²) >= 11 is 1.41. The molecule has 7 nitrogen and oxygen atoms in total. The van der Waals surface area contributed by atoms with Crippen molar-refractivity contribution >= 4 is 23.4 Å². The molecule has 1 aliphatic heterocycles. The molecule has 31 heavy (non-hydrogen) atoms. The Morgan fingerprint density at radius 3 is 2.48 bits per heavy atom. The fourth-order valence-corrected chi connectivity index (χ4v) is 4.47. The van der Waals surface area contributed by atoms with Gasteiger partial charge in [0.05, 0.1) is 5.75 Å². The summed E-state index contributed by atoms with van der Waals surface area (Å²) < 4.78 is 1.92. The summed E-state index contributed by atoms with van der Waals surface area (Å²) in [6.45, 7) is 7.17. The zero-order valence-electron chi connectivity index (χ0n) is 17.8. The Labute approximate surface area is 186 Å². The largest absolute Gasteiger partial charge is 0.508 e. The molecule has 1 aromatic heterocycles. The van der Waals surface area contributed by atoms with Crippen LogP contribution in [0.3, 0.4) is 0 Å². The molecule has 0 atom stereocenters. The van der Waals surface area contributed by atoms with Gasteiger partial charge >= 0.3 is 0 Å². The minimum absolute atomic E-state index is 0.102. The predicted octanol–water partition coefficient (Wildman–Crippen LogP) is 3.54. The van der Waals surface area contributed by atoms with Crippen molar-refractivity contribution in [1.29, 1.82) is 0 Å². The summed E-state index contributed by atoms with van der Waals surface area (Å²) in [7, 11) is 0. The summed E-state index contributed by atoms with van der Waals surface area (Å²) in [5, 5.41) is 18.6. The normalized spacial score (nSPS) is 14.3. The van der Waals surface area contributed by atoms with Crippen LogP contribution >= 0.6 is 11.8 Å². The highest BCUT2D eigenvalue weighted by Crippen LogP contribution is 2.24. The van der Waals surface area contributed by atoms with E-state index in [1.165, 1.54) is 17.3 Å². The van der Waals surface area contributed by atoms with E-state index in [4.69, 9.17) is 0 Å². The molecule has 1 amide bonds. The molecule has 0 radical (unpaired) electrons. The van der Waals surface area contributed by atoms with E-state index < -0.39 is 0 Å². The standard InChI is InChI=1S/C23H27N5O2S/c1-17(2)18-6-8-19(9-7-18)28-16-24-25-23(28)31-15-22(30)27-12-10-26(11-13-27)20-4-3-5-21(29)14-20/h3-9,14,16-17,29H,10-13,15H2,1-2H3. The fraction of sp³-hybridized carbons (Fsp3) is 0.348. The lowest BCUT2D eigenvalue weighted by Crippen LogP contribution is -2.49. The lowest BCUT2D eigenvalue weighted by atomic mass is 10.0. The first-order chi connectivity index (χ1) is 15.0. The molecule has 1 fully saturated rings. The second-order valence-corrected chi connectivity index (χ2v) is 8.85. The second kappa shape index (κ2) is 9.43. The van der Waals surface area contributed by atoms with Crippen molar-refractivity contribution in [3.8, 4) is 11.4 Å². The van der Waals surface area contributed by atoms with Crippen LogP contribution in [0.4, 0.5) is 5.69 Å². The van der Waals surface area contributed by atoms with Gasteiger partial charge in [-0.1, -0.05) is 43.8 Å². The molecule has 4 rings (SSSR count). The first-order valence-electron chi connectivity index (χ1n) is 10.5. The fourth-order valence-electron chi connectivity index (χ4n) is 3.64. The number of carbonyl (C=O) groups is 1. The maximum atomic E-state index is 12.7. The highest BCUT2D eigenvalue weighted by molar-refractivity contribution is 7.99. The molecule has 0 unspecified atom stereocenters. The number of hydrogen-bond acceptors (Lipinski definition) is 6. The molecule has 2 heterocycles. The molecule has 0 saturated carbocycles. The van der Waals surface area contributed by atoms with Crippen molar-refractivity contribution in [3.63, 3.8) is 0 Å². The monoisotopic (exact) mass is 437 g/mol. The van der Waals surface area contributed by atoms with Gasteiger partial charge in [-0.25, -0.2) is 0 Å². The lowest BCUT2D eigenvalue weighted by molar-refractivity contribution is -0.128. The van der Waals surface area contributed by atoms with Gasteiger partial charge in [0.2, 0.25) is 5.91 Å². The number of piperazine rings is 1. The molecule has 1 N–H and O–H groups in total. The zero-order chi connectivity index (χ0) is 21.8. The molecule has 1 saturated heterocycles. The first kappa shape index (κ1) is 21.2. The number of rotatable bonds is 6. The molecule has 0 spiro atoms. The average molecular weight is 438 g/mol. The van der Waals surface area contributed by atoms with E-state index in [9.17, 15) is 9.90 Å². The van der Waals surface area contributed by atoms with E-state index in [0.29, 0.717) is 29.9 Å². The number of thioether (sulfide) groups is 1.